The van der Waals surface area contributed by atoms with E-state index in [4.69, 9.17) is 9.47 Å². The van der Waals surface area contributed by atoms with Gasteiger partial charge in [0.25, 0.3) is 0 Å². The van der Waals surface area contributed by atoms with Crippen molar-refractivity contribution >= 4 is 11.9 Å². The van der Waals surface area contributed by atoms with Crippen LogP contribution in [0, 0.1) is 35.5 Å². The molecule has 5 nitrogen and oxygen atoms in total. The first kappa shape index (κ1) is 24.7. The molecule has 1 aromatic heterocycles. The van der Waals surface area contributed by atoms with Crippen LogP contribution in [0.25, 0.3) is 0 Å². The monoisotopic (exact) mass is 443 g/mol. The molecular weight excluding hydrogens is 402 g/mol. The van der Waals surface area contributed by atoms with Gasteiger partial charge in [0.1, 0.15) is 23.6 Å². The number of rotatable bonds is 6. The Kier molecular flexibility index (Phi) is 8.35. The van der Waals surface area contributed by atoms with Crippen LogP contribution < -0.4 is 0 Å². The van der Waals surface area contributed by atoms with Crippen molar-refractivity contribution in [2.24, 2.45) is 35.5 Å². The van der Waals surface area contributed by atoms with Crippen LogP contribution >= 0.6 is 0 Å². The zero-order chi connectivity index (χ0) is 23.4. The van der Waals surface area contributed by atoms with Crippen LogP contribution in [-0.4, -0.2) is 29.1 Å². The van der Waals surface area contributed by atoms with Crippen molar-refractivity contribution in [3.8, 4) is 0 Å². The van der Waals surface area contributed by atoms with Crippen molar-refractivity contribution in [2.45, 2.75) is 92.3 Å². The largest absolute Gasteiger partial charge is 0.457 e. The second-order valence-electron chi connectivity index (χ2n) is 10.9. The highest BCUT2D eigenvalue weighted by molar-refractivity contribution is 5.91. The standard InChI is InChI=1S/C27H41NO4/c1-16(2)20-12-10-18(5)14-24(20)31-26(29)22-8-7-9-23(28-22)27(30)32-25-15-19(6)11-13-21(25)17(3)4/h7-9,16-21,24-25H,10-15H2,1-6H3/t18-,19+,20-,21+,24-,25-/m1/s1. The van der Waals surface area contributed by atoms with Gasteiger partial charge in [0.15, 0.2) is 0 Å². The maximum atomic E-state index is 12.9. The average Bonchev–Trinajstić information content (AvgIpc) is 2.73. The number of aromatic nitrogens is 1. The summed E-state index contributed by atoms with van der Waals surface area (Å²) in [5, 5.41) is 0. The summed E-state index contributed by atoms with van der Waals surface area (Å²) in [5.41, 5.74) is 0.357. The van der Waals surface area contributed by atoms with Gasteiger partial charge in [-0.05, 0) is 73.3 Å². The molecule has 1 heterocycles. The number of nitrogens with zero attached hydrogens (tertiary/aromatic N) is 1. The minimum absolute atomic E-state index is 0.0980. The van der Waals surface area contributed by atoms with Crippen molar-refractivity contribution in [1.82, 2.24) is 4.98 Å². The van der Waals surface area contributed by atoms with Gasteiger partial charge < -0.3 is 9.47 Å². The number of hydrogen-bond donors (Lipinski definition) is 0. The summed E-state index contributed by atoms with van der Waals surface area (Å²) < 4.78 is 11.8. The predicted molar refractivity (Wildman–Crippen MR) is 125 cm³/mol. The lowest BCUT2D eigenvalue weighted by atomic mass is 9.75. The molecule has 0 bridgehead atoms. The quantitative estimate of drug-likeness (QED) is 0.482. The highest BCUT2D eigenvalue weighted by Gasteiger charge is 2.35. The molecule has 2 fully saturated rings. The molecule has 178 valence electrons. The summed E-state index contributed by atoms with van der Waals surface area (Å²) in [7, 11) is 0. The van der Waals surface area contributed by atoms with Gasteiger partial charge in [-0.15, -0.1) is 0 Å². The number of carbonyl (C=O) groups is 2. The lowest BCUT2D eigenvalue weighted by Crippen LogP contribution is -2.36. The highest BCUT2D eigenvalue weighted by Crippen LogP contribution is 2.37. The molecule has 2 saturated carbocycles. The second kappa shape index (κ2) is 10.8. The number of carbonyl (C=O) groups excluding carboxylic acids is 2. The van der Waals surface area contributed by atoms with Crippen LogP contribution in [0.2, 0.25) is 0 Å². The molecule has 1 aromatic rings. The van der Waals surface area contributed by atoms with E-state index in [1.54, 1.807) is 18.2 Å². The maximum absolute atomic E-state index is 12.9. The highest BCUT2D eigenvalue weighted by atomic mass is 16.5. The van der Waals surface area contributed by atoms with Gasteiger partial charge in [-0.2, -0.15) is 0 Å². The van der Waals surface area contributed by atoms with Gasteiger partial charge >= 0.3 is 11.9 Å². The molecule has 3 rings (SSSR count). The number of hydrogen-bond acceptors (Lipinski definition) is 5. The summed E-state index contributed by atoms with van der Waals surface area (Å²) in [6.45, 7) is 13.2. The van der Waals surface area contributed by atoms with E-state index in [9.17, 15) is 9.59 Å². The molecule has 0 saturated heterocycles. The average molecular weight is 444 g/mol. The van der Waals surface area contributed by atoms with Crippen LogP contribution in [-0.2, 0) is 9.47 Å². The fourth-order valence-electron chi connectivity index (χ4n) is 5.56. The van der Waals surface area contributed by atoms with E-state index < -0.39 is 11.9 Å². The fourth-order valence-corrected chi connectivity index (χ4v) is 5.56. The zero-order valence-electron chi connectivity index (χ0n) is 20.7. The summed E-state index contributed by atoms with van der Waals surface area (Å²) in [6.07, 6.45) is 6.07. The first-order valence-corrected chi connectivity index (χ1v) is 12.5. The first-order valence-electron chi connectivity index (χ1n) is 12.5. The Morgan fingerprint density at radius 2 is 1.19 bits per heavy atom. The third-order valence-corrected chi connectivity index (χ3v) is 7.61. The van der Waals surface area contributed by atoms with E-state index in [1.165, 1.54) is 12.8 Å². The molecule has 2 aliphatic carbocycles. The van der Waals surface area contributed by atoms with Crippen molar-refractivity contribution < 1.29 is 19.1 Å². The third-order valence-electron chi connectivity index (χ3n) is 7.61. The Bertz CT molecular complexity index is 728. The minimum atomic E-state index is -0.448. The molecule has 0 unspecified atom stereocenters. The van der Waals surface area contributed by atoms with Gasteiger partial charge in [0.2, 0.25) is 0 Å². The topological polar surface area (TPSA) is 65.5 Å². The van der Waals surface area contributed by atoms with Crippen molar-refractivity contribution in [3.05, 3.63) is 29.6 Å². The zero-order valence-corrected chi connectivity index (χ0v) is 20.7. The van der Waals surface area contributed by atoms with Gasteiger partial charge in [0.05, 0.1) is 0 Å². The normalized spacial score (nSPS) is 30.9. The lowest BCUT2D eigenvalue weighted by molar-refractivity contribution is -0.0184. The molecule has 0 N–H and O–H groups in total. The van der Waals surface area contributed by atoms with E-state index in [2.05, 4.69) is 46.5 Å². The number of pyridine rings is 1. The summed E-state index contributed by atoms with van der Waals surface area (Å²) >= 11 is 0. The molecule has 6 atom stereocenters. The molecule has 2 aliphatic rings. The van der Waals surface area contributed by atoms with Crippen LogP contribution in [0.5, 0.6) is 0 Å². The summed E-state index contributed by atoms with van der Waals surface area (Å²) in [4.78, 5) is 30.1. The molecular formula is C27H41NO4. The van der Waals surface area contributed by atoms with Gasteiger partial charge in [-0.1, -0.05) is 60.5 Å². The predicted octanol–water partition coefficient (Wildman–Crippen LogP) is 6.32. The van der Waals surface area contributed by atoms with Crippen LogP contribution in [0.1, 0.15) is 101 Å². The van der Waals surface area contributed by atoms with E-state index in [1.807, 2.05) is 0 Å². The fraction of sp³-hybridized carbons (Fsp3) is 0.741. The summed E-state index contributed by atoms with van der Waals surface area (Å²) in [6, 6.07) is 4.93. The molecule has 0 aromatic carbocycles. The van der Waals surface area contributed by atoms with E-state index in [-0.39, 0.29) is 23.6 Å². The molecule has 0 radical (unpaired) electrons. The Labute approximate surface area is 193 Å². The number of ether oxygens (including phenoxy) is 2. The lowest BCUT2D eigenvalue weighted by Gasteiger charge is -2.36. The molecule has 5 heteroatoms. The van der Waals surface area contributed by atoms with E-state index >= 15 is 0 Å². The van der Waals surface area contributed by atoms with Gasteiger partial charge in [0, 0.05) is 0 Å². The van der Waals surface area contributed by atoms with Gasteiger partial charge in [-0.25, -0.2) is 14.6 Å². The van der Waals surface area contributed by atoms with E-state index in [0.29, 0.717) is 35.5 Å². The van der Waals surface area contributed by atoms with Crippen molar-refractivity contribution in [1.29, 1.82) is 0 Å². The SMILES string of the molecule is CC(C)[C@H]1CC[C@@H](C)C[C@H]1OC(=O)c1cccc(C(=O)O[C@@H]2C[C@@H](C)CC[C@H]2C(C)C)n1. The van der Waals surface area contributed by atoms with Crippen LogP contribution in [0.4, 0.5) is 0 Å². The van der Waals surface area contributed by atoms with E-state index in [0.717, 1.165) is 25.7 Å². The van der Waals surface area contributed by atoms with Crippen molar-refractivity contribution in [3.63, 3.8) is 0 Å². The summed E-state index contributed by atoms with van der Waals surface area (Å²) in [5.74, 6) is 1.84. The first-order chi connectivity index (χ1) is 15.2. The minimum Gasteiger partial charge on any atom is -0.457 e. The molecule has 0 spiro atoms. The molecule has 32 heavy (non-hydrogen) atoms. The maximum Gasteiger partial charge on any atom is 0.357 e. The number of esters is 2. The van der Waals surface area contributed by atoms with Crippen LogP contribution in [0.15, 0.2) is 18.2 Å². The third kappa shape index (κ3) is 6.11. The molecule has 0 amide bonds. The Hall–Kier alpha value is -1.91. The molecule has 0 aliphatic heterocycles. The Morgan fingerprint density at radius 1 is 0.781 bits per heavy atom. The Morgan fingerprint density at radius 3 is 1.56 bits per heavy atom. The van der Waals surface area contributed by atoms with Gasteiger partial charge in [-0.3, -0.25) is 0 Å². The van der Waals surface area contributed by atoms with Crippen LogP contribution in [0.3, 0.4) is 0 Å². The Balaban J connectivity index is 1.68. The smallest absolute Gasteiger partial charge is 0.357 e. The second-order valence-corrected chi connectivity index (χ2v) is 10.9. The van der Waals surface area contributed by atoms with Crippen molar-refractivity contribution in [2.75, 3.05) is 0 Å².